The van der Waals surface area contributed by atoms with E-state index in [0.717, 1.165) is 0 Å². The normalized spacial score (nSPS) is 12.6. The summed E-state index contributed by atoms with van der Waals surface area (Å²) in [6, 6.07) is 3.77. The van der Waals surface area contributed by atoms with Crippen molar-refractivity contribution in [2.45, 2.75) is 26.8 Å². The maximum absolute atomic E-state index is 13.1. The number of amides is 1. The van der Waals surface area contributed by atoms with Gasteiger partial charge in [-0.05, 0) is 30.5 Å². The minimum Gasteiger partial charge on any atom is -0.394 e. The SMILES string of the molecule is Cc1ccc(F)cc1C(=O)N[C@H](CO)C(C)C. The summed E-state index contributed by atoms with van der Waals surface area (Å²) in [5.41, 5.74) is 1.02. The molecule has 94 valence electrons. The molecule has 0 aliphatic heterocycles. The summed E-state index contributed by atoms with van der Waals surface area (Å²) in [6.07, 6.45) is 0. The first-order valence-electron chi connectivity index (χ1n) is 5.63. The minimum atomic E-state index is -0.439. The molecule has 0 radical (unpaired) electrons. The van der Waals surface area contributed by atoms with E-state index in [-0.39, 0.29) is 24.5 Å². The summed E-state index contributed by atoms with van der Waals surface area (Å²) in [4.78, 5) is 11.9. The Bertz CT molecular complexity index is 404. The van der Waals surface area contributed by atoms with Gasteiger partial charge in [-0.15, -0.1) is 0 Å². The van der Waals surface area contributed by atoms with Crippen molar-refractivity contribution in [3.8, 4) is 0 Å². The van der Waals surface area contributed by atoms with Gasteiger partial charge in [-0.1, -0.05) is 19.9 Å². The van der Waals surface area contributed by atoms with E-state index in [1.54, 1.807) is 13.0 Å². The third-order valence-electron chi connectivity index (χ3n) is 2.76. The van der Waals surface area contributed by atoms with E-state index in [1.807, 2.05) is 13.8 Å². The van der Waals surface area contributed by atoms with Gasteiger partial charge in [-0.2, -0.15) is 0 Å². The monoisotopic (exact) mass is 239 g/mol. The minimum absolute atomic E-state index is 0.123. The summed E-state index contributed by atoms with van der Waals surface area (Å²) in [5, 5.41) is 11.8. The number of carbonyl (C=O) groups is 1. The van der Waals surface area contributed by atoms with Crippen LogP contribution in [0.15, 0.2) is 18.2 Å². The number of aliphatic hydroxyl groups is 1. The molecule has 0 saturated heterocycles. The highest BCUT2D eigenvalue weighted by Gasteiger charge is 2.17. The molecule has 1 amide bonds. The first kappa shape index (κ1) is 13.6. The highest BCUT2D eigenvalue weighted by atomic mass is 19.1. The van der Waals surface area contributed by atoms with Gasteiger partial charge in [0.05, 0.1) is 12.6 Å². The molecule has 0 aromatic heterocycles. The topological polar surface area (TPSA) is 49.3 Å². The van der Waals surface area contributed by atoms with Crippen molar-refractivity contribution >= 4 is 5.91 Å². The molecule has 0 saturated carbocycles. The Morgan fingerprint density at radius 3 is 2.65 bits per heavy atom. The van der Waals surface area contributed by atoms with Gasteiger partial charge in [0.2, 0.25) is 0 Å². The molecule has 1 atom stereocenters. The summed E-state index contributed by atoms with van der Waals surface area (Å²) in [5.74, 6) is -0.668. The number of benzene rings is 1. The quantitative estimate of drug-likeness (QED) is 0.842. The van der Waals surface area contributed by atoms with E-state index >= 15 is 0 Å². The van der Waals surface area contributed by atoms with Crippen molar-refractivity contribution in [1.29, 1.82) is 0 Å². The fourth-order valence-electron chi connectivity index (χ4n) is 1.51. The molecule has 17 heavy (non-hydrogen) atoms. The third-order valence-corrected chi connectivity index (χ3v) is 2.76. The van der Waals surface area contributed by atoms with Crippen molar-refractivity contribution in [2.75, 3.05) is 6.61 Å². The Kier molecular flexibility index (Phi) is 4.63. The Balaban J connectivity index is 2.86. The molecule has 0 aliphatic carbocycles. The molecule has 1 aromatic rings. The van der Waals surface area contributed by atoms with Gasteiger partial charge < -0.3 is 10.4 Å². The van der Waals surface area contributed by atoms with Crippen LogP contribution in [0.3, 0.4) is 0 Å². The van der Waals surface area contributed by atoms with Gasteiger partial charge >= 0.3 is 0 Å². The van der Waals surface area contributed by atoms with Gasteiger partial charge in [0.15, 0.2) is 0 Å². The lowest BCUT2D eigenvalue weighted by molar-refractivity contribution is 0.0896. The molecule has 0 fully saturated rings. The maximum atomic E-state index is 13.1. The number of rotatable bonds is 4. The number of aryl methyl sites for hydroxylation is 1. The lowest BCUT2D eigenvalue weighted by Crippen LogP contribution is -2.41. The Morgan fingerprint density at radius 1 is 1.47 bits per heavy atom. The number of halogens is 1. The first-order chi connectivity index (χ1) is 7.95. The molecule has 0 bridgehead atoms. The van der Waals surface area contributed by atoms with Crippen LogP contribution in [0.4, 0.5) is 4.39 Å². The van der Waals surface area contributed by atoms with E-state index in [0.29, 0.717) is 11.1 Å². The summed E-state index contributed by atoms with van der Waals surface area (Å²) in [7, 11) is 0. The second kappa shape index (κ2) is 5.77. The number of nitrogens with one attached hydrogen (secondary N) is 1. The molecule has 0 aliphatic rings. The lowest BCUT2D eigenvalue weighted by atomic mass is 10.0. The average Bonchev–Trinajstić information content (AvgIpc) is 2.28. The van der Waals surface area contributed by atoms with Gasteiger partial charge in [0, 0.05) is 5.56 Å². The van der Waals surface area contributed by atoms with E-state index < -0.39 is 5.82 Å². The summed E-state index contributed by atoms with van der Waals surface area (Å²) < 4.78 is 13.1. The zero-order chi connectivity index (χ0) is 13.0. The second-order valence-corrected chi connectivity index (χ2v) is 4.47. The van der Waals surface area contributed by atoms with Crippen LogP contribution in [0.5, 0.6) is 0 Å². The van der Waals surface area contributed by atoms with Crippen LogP contribution in [-0.4, -0.2) is 23.7 Å². The van der Waals surface area contributed by atoms with Crippen molar-refractivity contribution in [1.82, 2.24) is 5.32 Å². The van der Waals surface area contributed by atoms with Crippen molar-refractivity contribution in [2.24, 2.45) is 5.92 Å². The van der Waals surface area contributed by atoms with Crippen LogP contribution in [0, 0.1) is 18.7 Å². The summed E-state index contributed by atoms with van der Waals surface area (Å²) >= 11 is 0. The Labute approximate surface area is 101 Å². The fourth-order valence-corrected chi connectivity index (χ4v) is 1.51. The second-order valence-electron chi connectivity index (χ2n) is 4.47. The number of aliphatic hydroxyl groups excluding tert-OH is 1. The van der Waals surface area contributed by atoms with E-state index in [4.69, 9.17) is 5.11 Å². The standard InChI is InChI=1S/C13H18FNO2/c1-8(2)12(7-16)15-13(17)11-6-10(14)5-4-9(11)3/h4-6,8,12,16H,7H2,1-3H3,(H,15,17)/t12-/m1/s1. The maximum Gasteiger partial charge on any atom is 0.251 e. The zero-order valence-corrected chi connectivity index (χ0v) is 10.3. The predicted octanol–water partition coefficient (Wildman–Crippen LogP) is 1.88. The third kappa shape index (κ3) is 3.53. The van der Waals surface area contributed by atoms with Crippen LogP contribution in [0.1, 0.15) is 29.8 Å². The Hall–Kier alpha value is -1.42. The van der Waals surface area contributed by atoms with Crippen LogP contribution in [0.25, 0.3) is 0 Å². The molecule has 3 nitrogen and oxygen atoms in total. The molecule has 2 N–H and O–H groups in total. The lowest BCUT2D eigenvalue weighted by Gasteiger charge is -2.20. The molecule has 4 heteroatoms. The number of hydrogen-bond acceptors (Lipinski definition) is 2. The van der Waals surface area contributed by atoms with Crippen LogP contribution in [0.2, 0.25) is 0 Å². The largest absolute Gasteiger partial charge is 0.394 e. The smallest absolute Gasteiger partial charge is 0.251 e. The van der Waals surface area contributed by atoms with E-state index in [2.05, 4.69) is 5.32 Å². The van der Waals surface area contributed by atoms with Crippen LogP contribution in [-0.2, 0) is 0 Å². The molecule has 1 rings (SSSR count). The molecule has 0 unspecified atom stereocenters. The molecular formula is C13H18FNO2. The zero-order valence-electron chi connectivity index (χ0n) is 10.3. The molecule has 0 spiro atoms. The van der Waals surface area contributed by atoms with Gasteiger partial charge in [-0.25, -0.2) is 4.39 Å². The van der Waals surface area contributed by atoms with Crippen molar-refractivity contribution in [3.63, 3.8) is 0 Å². The van der Waals surface area contributed by atoms with Crippen LogP contribution < -0.4 is 5.32 Å². The summed E-state index contributed by atoms with van der Waals surface area (Å²) in [6.45, 7) is 5.43. The van der Waals surface area contributed by atoms with Crippen LogP contribution >= 0.6 is 0 Å². The average molecular weight is 239 g/mol. The Morgan fingerprint density at radius 2 is 2.12 bits per heavy atom. The van der Waals surface area contributed by atoms with Gasteiger partial charge in [0.25, 0.3) is 5.91 Å². The van der Waals surface area contributed by atoms with Gasteiger partial charge in [0.1, 0.15) is 5.82 Å². The highest BCUT2D eigenvalue weighted by molar-refractivity contribution is 5.95. The van der Waals surface area contributed by atoms with Gasteiger partial charge in [-0.3, -0.25) is 4.79 Å². The highest BCUT2D eigenvalue weighted by Crippen LogP contribution is 2.11. The van der Waals surface area contributed by atoms with Crippen molar-refractivity contribution in [3.05, 3.63) is 35.1 Å². The number of carbonyl (C=O) groups excluding carboxylic acids is 1. The van der Waals surface area contributed by atoms with E-state index in [1.165, 1.54) is 12.1 Å². The fraction of sp³-hybridized carbons (Fsp3) is 0.462. The number of hydrogen-bond donors (Lipinski definition) is 2. The van der Waals surface area contributed by atoms with E-state index in [9.17, 15) is 9.18 Å². The molecule has 0 heterocycles. The molecular weight excluding hydrogens is 221 g/mol. The first-order valence-corrected chi connectivity index (χ1v) is 5.63. The predicted molar refractivity (Wildman–Crippen MR) is 64.3 cm³/mol. The van der Waals surface area contributed by atoms with Crippen molar-refractivity contribution < 1.29 is 14.3 Å². The molecule has 1 aromatic carbocycles.